The molecule has 0 saturated carbocycles. The lowest BCUT2D eigenvalue weighted by molar-refractivity contribution is 0.0936. The summed E-state index contributed by atoms with van der Waals surface area (Å²) in [6.45, 7) is 2.05. The number of rotatable bonds is 4. The molecule has 0 atom stereocenters. The maximum absolute atomic E-state index is 11.7. The Morgan fingerprint density at radius 1 is 1.47 bits per heavy atom. The summed E-state index contributed by atoms with van der Waals surface area (Å²) in [5, 5.41) is 3.18. The van der Waals surface area contributed by atoms with Crippen molar-refractivity contribution in [1.82, 2.24) is 5.32 Å². The predicted octanol–water partition coefficient (Wildman–Crippen LogP) is 1.47. The predicted molar refractivity (Wildman–Crippen MR) is 64.1 cm³/mol. The largest absolute Gasteiger partial charge is 0.448 e. The molecule has 1 aromatic carbocycles. The number of hydrogen-bond donors (Lipinski definition) is 2. The standard InChI is InChI=1S/C11H13ClN2O3/c1-7-6-8(12)2-3-9(7)10(15)14-4-5-17-11(13)16/h2-3,6H,4-5H2,1H3,(H2,13,16)(H,14,15). The van der Waals surface area contributed by atoms with E-state index in [1.807, 2.05) is 0 Å². The first-order chi connectivity index (χ1) is 8.00. The van der Waals surface area contributed by atoms with E-state index in [4.69, 9.17) is 17.3 Å². The fourth-order valence-corrected chi connectivity index (χ4v) is 1.52. The molecule has 1 aromatic rings. The van der Waals surface area contributed by atoms with E-state index in [1.165, 1.54) is 0 Å². The topological polar surface area (TPSA) is 81.4 Å². The third-order valence-corrected chi connectivity index (χ3v) is 2.30. The van der Waals surface area contributed by atoms with Gasteiger partial charge in [0.25, 0.3) is 5.91 Å². The lowest BCUT2D eigenvalue weighted by Gasteiger charge is -2.07. The average molecular weight is 257 g/mol. The zero-order valence-corrected chi connectivity index (χ0v) is 10.1. The van der Waals surface area contributed by atoms with Crippen LogP contribution in [0.1, 0.15) is 15.9 Å². The van der Waals surface area contributed by atoms with Gasteiger partial charge in [0, 0.05) is 10.6 Å². The zero-order valence-electron chi connectivity index (χ0n) is 9.33. The van der Waals surface area contributed by atoms with Crippen LogP contribution in [0.25, 0.3) is 0 Å². The van der Waals surface area contributed by atoms with Crippen molar-refractivity contribution in [2.45, 2.75) is 6.92 Å². The number of benzene rings is 1. The summed E-state index contributed by atoms with van der Waals surface area (Å²) in [7, 11) is 0. The first kappa shape index (κ1) is 13.3. The van der Waals surface area contributed by atoms with E-state index in [2.05, 4.69) is 10.1 Å². The molecule has 1 rings (SSSR count). The van der Waals surface area contributed by atoms with Gasteiger partial charge in [0.1, 0.15) is 6.61 Å². The van der Waals surface area contributed by atoms with Gasteiger partial charge in [-0.2, -0.15) is 0 Å². The van der Waals surface area contributed by atoms with Gasteiger partial charge in [-0.15, -0.1) is 0 Å². The smallest absolute Gasteiger partial charge is 0.404 e. The maximum atomic E-state index is 11.7. The molecule has 3 N–H and O–H groups in total. The molecule has 0 saturated heterocycles. The average Bonchev–Trinajstić information content (AvgIpc) is 2.23. The third kappa shape index (κ3) is 4.32. The van der Waals surface area contributed by atoms with Crippen LogP contribution in [-0.2, 0) is 4.74 Å². The number of hydrogen-bond acceptors (Lipinski definition) is 3. The SMILES string of the molecule is Cc1cc(Cl)ccc1C(=O)NCCOC(N)=O. The number of aryl methyl sites for hydroxylation is 1. The molecule has 0 bridgehead atoms. The highest BCUT2D eigenvalue weighted by atomic mass is 35.5. The number of ether oxygens (including phenoxy) is 1. The van der Waals surface area contributed by atoms with Gasteiger partial charge >= 0.3 is 6.09 Å². The maximum Gasteiger partial charge on any atom is 0.404 e. The van der Waals surface area contributed by atoms with Crippen molar-refractivity contribution in [3.05, 3.63) is 34.3 Å². The molecule has 0 aliphatic rings. The Morgan fingerprint density at radius 2 is 2.18 bits per heavy atom. The second kappa shape index (κ2) is 6.10. The van der Waals surface area contributed by atoms with Gasteiger partial charge in [-0.05, 0) is 30.7 Å². The Balaban J connectivity index is 2.50. The molecule has 17 heavy (non-hydrogen) atoms. The third-order valence-electron chi connectivity index (χ3n) is 2.07. The van der Waals surface area contributed by atoms with Crippen LogP contribution in [0.4, 0.5) is 4.79 Å². The molecule has 0 radical (unpaired) electrons. The van der Waals surface area contributed by atoms with Crippen molar-refractivity contribution in [3.8, 4) is 0 Å². The van der Waals surface area contributed by atoms with E-state index in [9.17, 15) is 9.59 Å². The minimum absolute atomic E-state index is 0.0493. The number of carbonyl (C=O) groups is 2. The normalized spacial score (nSPS) is 9.76. The Morgan fingerprint density at radius 3 is 2.76 bits per heavy atom. The lowest BCUT2D eigenvalue weighted by atomic mass is 10.1. The Bertz CT molecular complexity index is 435. The highest BCUT2D eigenvalue weighted by Crippen LogP contribution is 2.14. The lowest BCUT2D eigenvalue weighted by Crippen LogP contribution is -2.29. The van der Waals surface area contributed by atoms with Crippen LogP contribution in [0.2, 0.25) is 5.02 Å². The van der Waals surface area contributed by atoms with Crippen molar-refractivity contribution in [2.24, 2.45) is 5.73 Å². The van der Waals surface area contributed by atoms with Crippen molar-refractivity contribution in [3.63, 3.8) is 0 Å². The van der Waals surface area contributed by atoms with Crippen molar-refractivity contribution < 1.29 is 14.3 Å². The van der Waals surface area contributed by atoms with Crippen LogP contribution in [0.15, 0.2) is 18.2 Å². The second-order valence-corrected chi connectivity index (χ2v) is 3.82. The summed E-state index contributed by atoms with van der Waals surface area (Å²) in [4.78, 5) is 22.0. The van der Waals surface area contributed by atoms with Crippen molar-refractivity contribution in [2.75, 3.05) is 13.2 Å². The van der Waals surface area contributed by atoms with Crippen LogP contribution < -0.4 is 11.1 Å². The summed E-state index contributed by atoms with van der Waals surface area (Å²) in [6, 6.07) is 4.99. The van der Waals surface area contributed by atoms with Gasteiger partial charge in [-0.25, -0.2) is 4.79 Å². The minimum atomic E-state index is -0.859. The van der Waals surface area contributed by atoms with Crippen LogP contribution >= 0.6 is 11.6 Å². The van der Waals surface area contributed by atoms with E-state index < -0.39 is 6.09 Å². The fourth-order valence-electron chi connectivity index (χ4n) is 1.29. The highest BCUT2D eigenvalue weighted by Gasteiger charge is 2.08. The molecule has 6 heteroatoms. The molecular formula is C11H13ClN2O3. The van der Waals surface area contributed by atoms with E-state index >= 15 is 0 Å². The Labute approximate surface area is 104 Å². The van der Waals surface area contributed by atoms with Crippen LogP contribution in [-0.4, -0.2) is 25.2 Å². The summed E-state index contributed by atoms with van der Waals surface area (Å²) in [6.07, 6.45) is -0.859. The van der Waals surface area contributed by atoms with Crippen LogP contribution in [0, 0.1) is 6.92 Å². The number of nitrogens with two attached hydrogens (primary N) is 1. The number of nitrogens with one attached hydrogen (secondary N) is 1. The van der Waals surface area contributed by atoms with Crippen molar-refractivity contribution in [1.29, 1.82) is 0 Å². The zero-order chi connectivity index (χ0) is 12.8. The highest BCUT2D eigenvalue weighted by molar-refractivity contribution is 6.30. The Kier molecular flexibility index (Phi) is 4.78. The summed E-state index contributed by atoms with van der Waals surface area (Å²) >= 11 is 5.78. The molecule has 0 aromatic heterocycles. The van der Waals surface area contributed by atoms with Gasteiger partial charge in [-0.3, -0.25) is 4.79 Å². The first-order valence-electron chi connectivity index (χ1n) is 4.97. The van der Waals surface area contributed by atoms with E-state index in [-0.39, 0.29) is 19.1 Å². The molecule has 0 aliphatic carbocycles. The van der Waals surface area contributed by atoms with E-state index in [1.54, 1.807) is 25.1 Å². The van der Waals surface area contributed by atoms with Gasteiger partial charge in [-0.1, -0.05) is 11.6 Å². The monoisotopic (exact) mass is 256 g/mol. The van der Waals surface area contributed by atoms with Crippen molar-refractivity contribution >= 4 is 23.6 Å². The Hall–Kier alpha value is -1.75. The molecule has 92 valence electrons. The molecule has 2 amide bonds. The van der Waals surface area contributed by atoms with Gasteiger partial charge in [0.05, 0.1) is 6.54 Å². The second-order valence-electron chi connectivity index (χ2n) is 3.38. The van der Waals surface area contributed by atoms with Crippen LogP contribution in [0.5, 0.6) is 0 Å². The number of amides is 2. The molecular weight excluding hydrogens is 244 g/mol. The summed E-state index contributed by atoms with van der Waals surface area (Å²) in [5.41, 5.74) is 6.09. The molecule has 0 aliphatic heterocycles. The molecule has 0 fully saturated rings. The molecule has 0 heterocycles. The van der Waals surface area contributed by atoms with Gasteiger partial charge < -0.3 is 15.8 Å². The number of carbonyl (C=O) groups excluding carboxylic acids is 2. The van der Waals surface area contributed by atoms with Gasteiger partial charge in [0.15, 0.2) is 0 Å². The molecule has 0 unspecified atom stereocenters. The fraction of sp³-hybridized carbons (Fsp3) is 0.273. The molecule has 5 nitrogen and oxygen atoms in total. The van der Waals surface area contributed by atoms with Crippen LogP contribution in [0.3, 0.4) is 0 Å². The minimum Gasteiger partial charge on any atom is -0.448 e. The quantitative estimate of drug-likeness (QED) is 0.801. The summed E-state index contributed by atoms with van der Waals surface area (Å²) in [5.74, 6) is -0.243. The number of halogens is 1. The van der Waals surface area contributed by atoms with E-state index in [0.29, 0.717) is 10.6 Å². The van der Waals surface area contributed by atoms with E-state index in [0.717, 1.165) is 5.56 Å². The summed E-state index contributed by atoms with van der Waals surface area (Å²) < 4.78 is 4.48. The van der Waals surface area contributed by atoms with Gasteiger partial charge in [0.2, 0.25) is 0 Å². The first-order valence-corrected chi connectivity index (χ1v) is 5.35. The number of primary amides is 1. The molecule has 0 spiro atoms.